The first kappa shape index (κ1) is 6.99. The van der Waals surface area contributed by atoms with Gasteiger partial charge in [0.05, 0.1) is 19.8 Å². The van der Waals surface area contributed by atoms with Crippen LogP contribution in [-0.4, -0.2) is 31.0 Å². The van der Waals surface area contributed by atoms with Crippen molar-refractivity contribution in [3.05, 3.63) is 0 Å². The molecule has 3 N–H and O–H groups in total. The topological polar surface area (TPSA) is 55.5 Å². The molecule has 0 aliphatic carbocycles. The normalized spacial score (nSPS) is 27.0. The molecule has 0 aromatic rings. The molecule has 1 fully saturated rings. The second-order valence-corrected chi connectivity index (χ2v) is 2.94. The Kier molecular flexibility index (Phi) is 1.75. The number of aliphatic hydroxyl groups is 1. The molecule has 1 heterocycles. The van der Waals surface area contributed by atoms with Crippen molar-refractivity contribution < 1.29 is 9.84 Å². The van der Waals surface area contributed by atoms with Gasteiger partial charge in [-0.1, -0.05) is 6.92 Å². The standard InChI is InChI=1S/C6H13NO2/c1-6(3-9-4-6)5(7)2-8/h5,8H,2-4,7H2,1H3. The van der Waals surface area contributed by atoms with Crippen LogP contribution in [0.15, 0.2) is 0 Å². The fourth-order valence-corrected chi connectivity index (χ4v) is 0.859. The summed E-state index contributed by atoms with van der Waals surface area (Å²) >= 11 is 0. The van der Waals surface area contributed by atoms with E-state index in [1.54, 1.807) is 0 Å². The zero-order chi connectivity index (χ0) is 6.91. The van der Waals surface area contributed by atoms with Crippen LogP contribution in [0.2, 0.25) is 0 Å². The first-order valence-electron chi connectivity index (χ1n) is 3.13. The summed E-state index contributed by atoms with van der Waals surface area (Å²) in [5, 5.41) is 8.65. The molecule has 0 aromatic heterocycles. The molecule has 0 aromatic carbocycles. The number of nitrogens with two attached hydrogens (primary N) is 1. The Labute approximate surface area is 54.8 Å². The highest BCUT2D eigenvalue weighted by atomic mass is 16.5. The first-order chi connectivity index (χ1) is 4.19. The van der Waals surface area contributed by atoms with Gasteiger partial charge < -0.3 is 15.6 Å². The van der Waals surface area contributed by atoms with E-state index in [9.17, 15) is 0 Å². The smallest absolute Gasteiger partial charge is 0.0589 e. The second-order valence-electron chi connectivity index (χ2n) is 2.94. The van der Waals surface area contributed by atoms with Crippen molar-refractivity contribution in [3.8, 4) is 0 Å². The van der Waals surface area contributed by atoms with E-state index < -0.39 is 0 Å². The maximum atomic E-state index is 8.65. The highest BCUT2D eigenvalue weighted by Gasteiger charge is 2.38. The van der Waals surface area contributed by atoms with Crippen LogP contribution in [0.25, 0.3) is 0 Å². The van der Waals surface area contributed by atoms with E-state index in [4.69, 9.17) is 15.6 Å². The van der Waals surface area contributed by atoms with Crippen molar-refractivity contribution in [1.29, 1.82) is 0 Å². The molecule has 1 saturated heterocycles. The summed E-state index contributed by atoms with van der Waals surface area (Å²) in [6.07, 6.45) is 0. The molecule has 1 aliphatic heterocycles. The summed E-state index contributed by atoms with van der Waals surface area (Å²) in [6, 6.07) is -0.119. The number of ether oxygens (including phenoxy) is 1. The van der Waals surface area contributed by atoms with E-state index in [0.29, 0.717) is 13.2 Å². The van der Waals surface area contributed by atoms with E-state index in [0.717, 1.165) is 0 Å². The Bertz CT molecular complexity index is 101. The van der Waals surface area contributed by atoms with Gasteiger partial charge in [0.2, 0.25) is 0 Å². The van der Waals surface area contributed by atoms with Gasteiger partial charge in [0.15, 0.2) is 0 Å². The molecule has 0 spiro atoms. The molecule has 3 nitrogen and oxygen atoms in total. The average Bonchev–Trinajstić information content (AvgIpc) is 1.81. The minimum atomic E-state index is -0.119. The maximum Gasteiger partial charge on any atom is 0.0589 e. The molecule has 54 valence electrons. The Hall–Kier alpha value is -0.120. The Morgan fingerprint density at radius 3 is 2.44 bits per heavy atom. The SMILES string of the molecule is CC1(C(N)CO)COC1. The van der Waals surface area contributed by atoms with Crippen LogP contribution in [0, 0.1) is 5.41 Å². The van der Waals surface area contributed by atoms with Crippen LogP contribution in [0.1, 0.15) is 6.92 Å². The lowest BCUT2D eigenvalue weighted by atomic mass is 9.81. The molecule has 1 aliphatic rings. The summed E-state index contributed by atoms with van der Waals surface area (Å²) in [4.78, 5) is 0. The Balaban J connectivity index is 2.38. The van der Waals surface area contributed by atoms with E-state index in [-0.39, 0.29) is 18.1 Å². The fourth-order valence-electron chi connectivity index (χ4n) is 0.859. The van der Waals surface area contributed by atoms with Crippen molar-refractivity contribution >= 4 is 0 Å². The van der Waals surface area contributed by atoms with Gasteiger partial charge in [-0.15, -0.1) is 0 Å². The monoisotopic (exact) mass is 131 g/mol. The minimum Gasteiger partial charge on any atom is -0.395 e. The number of hydrogen-bond donors (Lipinski definition) is 2. The molecule has 0 radical (unpaired) electrons. The van der Waals surface area contributed by atoms with Crippen molar-refractivity contribution in [2.24, 2.45) is 11.1 Å². The molecule has 1 unspecified atom stereocenters. The highest BCUT2D eigenvalue weighted by Crippen LogP contribution is 2.28. The molecule has 1 rings (SSSR count). The van der Waals surface area contributed by atoms with E-state index in [1.165, 1.54) is 0 Å². The molecular formula is C6H13NO2. The van der Waals surface area contributed by atoms with Crippen LogP contribution >= 0.6 is 0 Å². The molecular weight excluding hydrogens is 118 g/mol. The summed E-state index contributed by atoms with van der Waals surface area (Å²) < 4.78 is 4.97. The van der Waals surface area contributed by atoms with Crippen molar-refractivity contribution in [2.75, 3.05) is 19.8 Å². The van der Waals surface area contributed by atoms with Gasteiger partial charge in [-0.3, -0.25) is 0 Å². The average molecular weight is 131 g/mol. The Morgan fingerprint density at radius 1 is 1.78 bits per heavy atom. The van der Waals surface area contributed by atoms with Crippen molar-refractivity contribution in [3.63, 3.8) is 0 Å². The lowest BCUT2D eigenvalue weighted by Gasteiger charge is -2.41. The fraction of sp³-hybridized carbons (Fsp3) is 1.00. The third-order valence-corrected chi connectivity index (χ3v) is 1.96. The third kappa shape index (κ3) is 1.08. The molecule has 9 heavy (non-hydrogen) atoms. The van der Waals surface area contributed by atoms with Crippen LogP contribution in [0.3, 0.4) is 0 Å². The molecule has 0 saturated carbocycles. The minimum absolute atomic E-state index is 0.0365. The van der Waals surface area contributed by atoms with Gasteiger partial charge in [-0.25, -0.2) is 0 Å². The zero-order valence-corrected chi connectivity index (χ0v) is 5.63. The van der Waals surface area contributed by atoms with Gasteiger partial charge in [0.25, 0.3) is 0 Å². The highest BCUT2D eigenvalue weighted by molar-refractivity contribution is 4.89. The maximum absolute atomic E-state index is 8.65. The quantitative estimate of drug-likeness (QED) is 0.523. The van der Waals surface area contributed by atoms with Crippen LogP contribution in [0.4, 0.5) is 0 Å². The summed E-state index contributed by atoms with van der Waals surface area (Å²) in [5.41, 5.74) is 5.62. The number of aliphatic hydroxyl groups excluding tert-OH is 1. The van der Waals surface area contributed by atoms with Crippen LogP contribution < -0.4 is 5.73 Å². The molecule has 0 bridgehead atoms. The first-order valence-corrected chi connectivity index (χ1v) is 3.13. The van der Waals surface area contributed by atoms with Gasteiger partial charge in [-0.2, -0.15) is 0 Å². The second kappa shape index (κ2) is 2.25. The number of rotatable bonds is 2. The largest absolute Gasteiger partial charge is 0.395 e. The van der Waals surface area contributed by atoms with Crippen LogP contribution in [0.5, 0.6) is 0 Å². The molecule has 1 atom stereocenters. The molecule has 3 heteroatoms. The summed E-state index contributed by atoms with van der Waals surface area (Å²) in [5.74, 6) is 0. The predicted octanol–water partition coefficient (Wildman–Crippen LogP) is -0.658. The zero-order valence-electron chi connectivity index (χ0n) is 5.63. The van der Waals surface area contributed by atoms with Gasteiger partial charge in [0, 0.05) is 11.5 Å². The predicted molar refractivity (Wildman–Crippen MR) is 34.0 cm³/mol. The van der Waals surface area contributed by atoms with Crippen molar-refractivity contribution in [1.82, 2.24) is 0 Å². The lowest BCUT2D eigenvalue weighted by Crippen LogP contribution is -2.54. The van der Waals surface area contributed by atoms with Gasteiger partial charge in [0.1, 0.15) is 0 Å². The van der Waals surface area contributed by atoms with Gasteiger partial charge >= 0.3 is 0 Å². The molecule has 0 amide bonds. The van der Waals surface area contributed by atoms with E-state index in [2.05, 4.69) is 0 Å². The van der Waals surface area contributed by atoms with E-state index >= 15 is 0 Å². The number of hydrogen-bond acceptors (Lipinski definition) is 3. The van der Waals surface area contributed by atoms with Crippen molar-refractivity contribution in [2.45, 2.75) is 13.0 Å². The van der Waals surface area contributed by atoms with E-state index in [1.807, 2.05) is 6.92 Å². The summed E-state index contributed by atoms with van der Waals surface area (Å²) in [7, 11) is 0. The lowest BCUT2D eigenvalue weighted by molar-refractivity contribution is -0.121. The van der Waals surface area contributed by atoms with Crippen LogP contribution in [-0.2, 0) is 4.74 Å². The summed E-state index contributed by atoms with van der Waals surface area (Å²) in [6.45, 7) is 3.46. The third-order valence-electron chi connectivity index (χ3n) is 1.96. The van der Waals surface area contributed by atoms with Gasteiger partial charge in [-0.05, 0) is 0 Å². The Morgan fingerprint density at radius 2 is 2.33 bits per heavy atom.